The van der Waals surface area contributed by atoms with Crippen LogP contribution in [-0.2, 0) is 11.0 Å². The fraction of sp³-hybridized carbons (Fsp3) is 0.615. The summed E-state index contributed by atoms with van der Waals surface area (Å²) in [5, 5.41) is 0. The van der Waals surface area contributed by atoms with Crippen LogP contribution < -0.4 is 10.6 Å². The molecule has 0 bridgehead atoms. The second kappa shape index (κ2) is 6.07. The molecular weight excluding hydrogens is 299 g/mol. The highest BCUT2D eigenvalue weighted by Gasteiger charge is 2.34. The molecule has 0 aromatic carbocycles. The molecule has 1 amide bonds. The van der Waals surface area contributed by atoms with E-state index in [1.54, 1.807) is 16.7 Å². The molecule has 1 aromatic heterocycles. The zero-order valence-electron chi connectivity index (χ0n) is 12.4. The van der Waals surface area contributed by atoms with Gasteiger partial charge in [0.25, 0.3) is 0 Å². The largest absolute Gasteiger partial charge is 0.433 e. The molecule has 6 nitrogen and oxygen atoms in total. The summed E-state index contributed by atoms with van der Waals surface area (Å²) < 4.78 is 38.4. The predicted octanol–water partition coefficient (Wildman–Crippen LogP) is 0.800. The number of nitrogens with zero attached hydrogens (tertiary/aromatic N) is 4. The van der Waals surface area contributed by atoms with Crippen molar-refractivity contribution in [2.75, 3.05) is 31.1 Å². The zero-order chi connectivity index (χ0) is 16.5. The van der Waals surface area contributed by atoms with Gasteiger partial charge in [-0.1, -0.05) is 0 Å². The van der Waals surface area contributed by atoms with E-state index in [1.165, 1.54) is 6.92 Å². The summed E-state index contributed by atoms with van der Waals surface area (Å²) in [7, 11) is 0. The Bertz CT molecular complexity index is 553. The van der Waals surface area contributed by atoms with Crippen molar-refractivity contribution in [1.29, 1.82) is 0 Å². The van der Waals surface area contributed by atoms with Crippen LogP contribution in [0.25, 0.3) is 0 Å². The number of nitrogens with two attached hydrogens (primary N) is 1. The molecule has 1 aromatic rings. The number of piperazine rings is 1. The van der Waals surface area contributed by atoms with Gasteiger partial charge in [0.05, 0.1) is 6.04 Å². The molecule has 2 rings (SSSR count). The average molecular weight is 317 g/mol. The average Bonchev–Trinajstić information content (AvgIpc) is 2.45. The van der Waals surface area contributed by atoms with Crippen molar-refractivity contribution in [1.82, 2.24) is 14.9 Å². The number of carbonyl (C=O) groups excluding carboxylic acids is 1. The van der Waals surface area contributed by atoms with E-state index in [0.717, 1.165) is 6.07 Å². The van der Waals surface area contributed by atoms with Gasteiger partial charge in [0, 0.05) is 31.9 Å². The third-order valence-corrected chi connectivity index (χ3v) is 3.40. The summed E-state index contributed by atoms with van der Waals surface area (Å²) in [6.07, 6.45) is -4.50. The lowest BCUT2D eigenvalue weighted by Crippen LogP contribution is -2.53. The lowest BCUT2D eigenvalue weighted by atomic mass is 10.2. The number of alkyl halides is 3. The van der Waals surface area contributed by atoms with Crippen molar-refractivity contribution in [3.8, 4) is 0 Å². The first-order valence-electron chi connectivity index (χ1n) is 6.90. The van der Waals surface area contributed by atoms with Gasteiger partial charge in [0.15, 0.2) is 0 Å². The van der Waals surface area contributed by atoms with E-state index in [1.807, 2.05) is 0 Å². The number of hydrogen-bond acceptors (Lipinski definition) is 5. The molecule has 0 saturated carbocycles. The number of aryl methyl sites for hydroxylation is 1. The Morgan fingerprint density at radius 1 is 1.27 bits per heavy atom. The normalized spacial score (nSPS) is 17.5. The van der Waals surface area contributed by atoms with Crippen LogP contribution in [0.4, 0.5) is 19.1 Å². The monoisotopic (exact) mass is 317 g/mol. The molecule has 9 heteroatoms. The Hall–Kier alpha value is -1.90. The Balaban J connectivity index is 2.12. The highest BCUT2D eigenvalue weighted by atomic mass is 19.4. The number of hydrogen-bond donors (Lipinski definition) is 1. The van der Waals surface area contributed by atoms with E-state index >= 15 is 0 Å². The van der Waals surface area contributed by atoms with Crippen LogP contribution in [0.2, 0.25) is 0 Å². The second-order valence-electron chi connectivity index (χ2n) is 5.29. The topological polar surface area (TPSA) is 75.4 Å². The number of anilines is 1. The van der Waals surface area contributed by atoms with Gasteiger partial charge in [0.2, 0.25) is 11.9 Å². The summed E-state index contributed by atoms with van der Waals surface area (Å²) in [5.41, 5.74) is 4.85. The molecule has 2 N–H and O–H groups in total. The minimum Gasteiger partial charge on any atom is -0.338 e. The SMILES string of the molecule is Cc1cc(C(F)(F)F)nc(N2CCN(C(=O)[C@@H](C)N)CC2)n1. The first kappa shape index (κ1) is 16.5. The number of amides is 1. The molecule has 0 radical (unpaired) electrons. The van der Waals surface area contributed by atoms with Gasteiger partial charge < -0.3 is 15.5 Å². The molecule has 1 aliphatic rings. The number of halogens is 3. The molecule has 0 unspecified atom stereocenters. The van der Waals surface area contributed by atoms with Crippen LogP contribution in [0.15, 0.2) is 6.07 Å². The van der Waals surface area contributed by atoms with Gasteiger partial charge in [-0.2, -0.15) is 13.2 Å². The van der Waals surface area contributed by atoms with Crippen LogP contribution >= 0.6 is 0 Å². The molecule has 0 aliphatic carbocycles. The van der Waals surface area contributed by atoms with Gasteiger partial charge in [0.1, 0.15) is 5.69 Å². The third-order valence-electron chi connectivity index (χ3n) is 3.40. The van der Waals surface area contributed by atoms with E-state index in [-0.39, 0.29) is 17.5 Å². The van der Waals surface area contributed by atoms with E-state index in [0.29, 0.717) is 26.2 Å². The summed E-state index contributed by atoms with van der Waals surface area (Å²) in [5.74, 6) is -0.124. The van der Waals surface area contributed by atoms with E-state index in [2.05, 4.69) is 9.97 Å². The maximum absolute atomic E-state index is 12.8. The molecule has 2 heterocycles. The molecule has 22 heavy (non-hydrogen) atoms. The summed E-state index contributed by atoms with van der Waals surface area (Å²) in [6.45, 7) is 4.63. The minimum atomic E-state index is -4.50. The lowest BCUT2D eigenvalue weighted by Gasteiger charge is -2.35. The van der Waals surface area contributed by atoms with Crippen molar-refractivity contribution >= 4 is 11.9 Å². The maximum Gasteiger partial charge on any atom is 0.433 e. The van der Waals surface area contributed by atoms with Crippen molar-refractivity contribution in [2.24, 2.45) is 5.73 Å². The van der Waals surface area contributed by atoms with Crippen LogP contribution in [-0.4, -0.2) is 53.0 Å². The first-order valence-corrected chi connectivity index (χ1v) is 6.90. The number of aromatic nitrogens is 2. The minimum absolute atomic E-state index is 0.0419. The summed E-state index contributed by atoms with van der Waals surface area (Å²) >= 11 is 0. The van der Waals surface area contributed by atoms with Crippen LogP contribution in [0.5, 0.6) is 0 Å². The Morgan fingerprint density at radius 3 is 2.36 bits per heavy atom. The molecule has 0 spiro atoms. The molecule has 1 saturated heterocycles. The molecule has 1 fully saturated rings. The smallest absolute Gasteiger partial charge is 0.338 e. The van der Waals surface area contributed by atoms with Gasteiger partial charge >= 0.3 is 6.18 Å². The third kappa shape index (κ3) is 3.65. The van der Waals surface area contributed by atoms with Crippen molar-refractivity contribution < 1.29 is 18.0 Å². The van der Waals surface area contributed by atoms with Crippen LogP contribution in [0.1, 0.15) is 18.3 Å². The molecule has 1 atom stereocenters. The lowest BCUT2D eigenvalue weighted by molar-refractivity contribution is -0.141. The number of carbonyl (C=O) groups is 1. The van der Waals surface area contributed by atoms with Crippen molar-refractivity contribution in [2.45, 2.75) is 26.1 Å². The van der Waals surface area contributed by atoms with Gasteiger partial charge in [-0.15, -0.1) is 0 Å². The standard InChI is InChI=1S/C13H18F3N5O/c1-8-7-10(13(14,15)16)19-12(18-8)21-5-3-20(4-6-21)11(22)9(2)17/h7,9H,3-6,17H2,1-2H3/t9-/m1/s1. The molecule has 1 aliphatic heterocycles. The van der Waals surface area contributed by atoms with Gasteiger partial charge in [-0.05, 0) is 19.9 Å². The zero-order valence-corrected chi connectivity index (χ0v) is 12.4. The number of rotatable bonds is 2. The Labute approximate surface area is 126 Å². The summed E-state index contributed by atoms with van der Waals surface area (Å²) in [4.78, 5) is 22.7. The van der Waals surface area contributed by atoms with E-state index in [9.17, 15) is 18.0 Å². The van der Waals surface area contributed by atoms with Crippen molar-refractivity contribution in [3.63, 3.8) is 0 Å². The Morgan fingerprint density at radius 2 is 1.86 bits per heavy atom. The van der Waals surface area contributed by atoms with E-state index in [4.69, 9.17) is 5.73 Å². The van der Waals surface area contributed by atoms with Crippen LogP contribution in [0, 0.1) is 6.92 Å². The quantitative estimate of drug-likeness (QED) is 0.873. The Kier molecular flexibility index (Phi) is 4.55. The molecule has 122 valence electrons. The fourth-order valence-corrected chi connectivity index (χ4v) is 2.25. The second-order valence-corrected chi connectivity index (χ2v) is 5.29. The maximum atomic E-state index is 12.8. The van der Waals surface area contributed by atoms with Crippen LogP contribution in [0.3, 0.4) is 0 Å². The molecular formula is C13H18F3N5O. The predicted molar refractivity (Wildman–Crippen MR) is 74.2 cm³/mol. The highest BCUT2D eigenvalue weighted by Crippen LogP contribution is 2.29. The van der Waals surface area contributed by atoms with E-state index < -0.39 is 17.9 Å². The summed E-state index contributed by atoms with van der Waals surface area (Å²) in [6, 6.07) is 0.331. The van der Waals surface area contributed by atoms with Gasteiger partial charge in [-0.25, -0.2) is 9.97 Å². The fourth-order valence-electron chi connectivity index (χ4n) is 2.25. The van der Waals surface area contributed by atoms with Crippen molar-refractivity contribution in [3.05, 3.63) is 17.5 Å². The highest BCUT2D eigenvalue weighted by molar-refractivity contribution is 5.81. The first-order chi connectivity index (χ1) is 10.2. The van der Waals surface area contributed by atoms with Gasteiger partial charge in [-0.3, -0.25) is 4.79 Å².